The summed E-state index contributed by atoms with van der Waals surface area (Å²) in [5.74, 6) is 0.850. The molecule has 2 heterocycles. The molecule has 0 saturated carbocycles. The van der Waals surface area contributed by atoms with Gasteiger partial charge in [0, 0.05) is 25.0 Å². The summed E-state index contributed by atoms with van der Waals surface area (Å²) in [6.07, 6.45) is 7.77. The Morgan fingerprint density at radius 3 is 3.00 bits per heavy atom. The van der Waals surface area contributed by atoms with E-state index in [0.29, 0.717) is 12.6 Å². The Morgan fingerprint density at radius 1 is 1.44 bits per heavy atom. The molecular formula is C15H25N3. The summed E-state index contributed by atoms with van der Waals surface area (Å²) in [6, 6.07) is 2.42. The Labute approximate surface area is 110 Å². The van der Waals surface area contributed by atoms with Gasteiger partial charge in [0.2, 0.25) is 0 Å². The van der Waals surface area contributed by atoms with Crippen molar-refractivity contribution in [3.8, 4) is 0 Å². The van der Waals surface area contributed by atoms with Crippen molar-refractivity contribution in [3.05, 3.63) is 29.6 Å². The summed E-state index contributed by atoms with van der Waals surface area (Å²) in [5.41, 5.74) is 8.62. The summed E-state index contributed by atoms with van der Waals surface area (Å²) in [7, 11) is 0. The summed E-state index contributed by atoms with van der Waals surface area (Å²) >= 11 is 0. The summed E-state index contributed by atoms with van der Waals surface area (Å²) in [4.78, 5) is 6.81. The van der Waals surface area contributed by atoms with E-state index in [0.717, 1.165) is 12.5 Å². The fraction of sp³-hybridized carbons (Fsp3) is 0.667. The third kappa shape index (κ3) is 3.09. The fourth-order valence-corrected chi connectivity index (χ4v) is 2.89. The molecule has 1 aromatic rings. The van der Waals surface area contributed by atoms with Crippen LogP contribution in [0.3, 0.4) is 0 Å². The Hall–Kier alpha value is -0.930. The lowest BCUT2D eigenvalue weighted by molar-refractivity contribution is 0.206. The van der Waals surface area contributed by atoms with Crippen molar-refractivity contribution in [2.75, 3.05) is 19.6 Å². The molecule has 18 heavy (non-hydrogen) atoms. The van der Waals surface area contributed by atoms with Gasteiger partial charge >= 0.3 is 0 Å². The lowest BCUT2D eigenvalue weighted by Crippen LogP contribution is -2.35. The highest BCUT2D eigenvalue weighted by molar-refractivity contribution is 5.25. The molecule has 2 atom stereocenters. The van der Waals surface area contributed by atoms with Crippen LogP contribution in [0, 0.1) is 12.8 Å². The number of pyridine rings is 1. The second kappa shape index (κ2) is 6.30. The van der Waals surface area contributed by atoms with Crippen molar-refractivity contribution >= 4 is 0 Å². The molecule has 3 nitrogen and oxygen atoms in total. The van der Waals surface area contributed by atoms with Gasteiger partial charge in [-0.15, -0.1) is 0 Å². The maximum atomic E-state index is 6.02. The summed E-state index contributed by atoms with van der Waals surface area (Å²) < 4.78 is 0. The summed E-state index contributed by atoms with van der Waals surface area (Å²) in [6.45, 7) is 7.52. The van der Waals surface area contributed by atoms with Crippen molar-refractivity contribution < 1.29 is 0 Å². The van der Waals surface area contributed by atoms with E-state index in [-0.39, 0.29) is 0 Å². The molecule has 0 spiro atoms. The predicted octanol–water partition coefficient (Wildman–Crippen LogP) is 2.51. The normalized spacial score (nSPS) is 23.6. The molecule has 0 bridgehead atoms. The van der Waals surface area contributed by atoms with Crippen LogP contribution in [-0.4, -0.2) is 29.5 Å². The van der Waals surface area contributed by atoms with E-state index in [1.165, 1.54) is 36.9 Å². The van der Waals surface area contributed by atoms with Gasteiger partial charge in [-0.25, -0.2) is 0 Å². The first kappa shape index (κ1) is 13.5. The highest BCUT2D eigenvalue weighted by atomic mass is 15.2. The first-order valence-electron chi connectivity index (χ1n) is 7.07. The van der Waals surface area contributed by atoms with Gasteiger partial charge in [-0.2, -0.15) is 0 Å². The lowest BCUT2D eigenvalue weighted by Gasteiger charge is -2.30. The third-order valence-electron chi connectivity index (χ3n) is 4.15. The number of aromatic nitrogens is 1. The molecule has 0 aromatic carbocycles. The van der Waals surface area contributed by atoms with Gasteiger partial charge in [-0.3, -0.25) is 9.88 Å². The number of hydrogen-bond acceptors (Lipinski definition) is 3. The van der Waals surface area contributed by atoms with Crippen molar-refractivity contribution in [1.82, 2.24) is 9.88 Å². The average molecular weight is 247 g/mol. The van der Waals surface area contributed by atoms with E-state index in [4.69, 9.17) is 5.73 Å². The van der Waals surface area contributed by atoms with Gasteiger partial charge in [-0.1, -0.05) is 6.92 Å². The van der Waals surface area contributed by atoms with Crippen molar-refractivity contribution in [2.24, 2.45) is 11.7 Å². The topological polar surface area (TPSA) is 42.1 Å². The number of likely N-dealkylation sites (tertiary alicyclic amines) is 1. The molecule has 0 aliphatic carbocycles. The zero-order valence-electron chi connectivity index (χ0n) is 11.6. The van der Waals surface area contributed by atoms with E-state index >= 15 is 0 Å². The van der Waals surface area contributed by atoms with Crippen LogP contribution in [0.1, 0.15) is 43.4 Å². The molecule has 0 radical (unpaired) electrons. The van der Waals surface area contributed by atoms with Gasteiger partial charge in [0.15, 0.2) is 0 Å². The van der Waals surface area contributed by atoms with Gasteiger partial charge in [0.05, 0.1) is 0 Å². The van der Waals surface area contributed by atoms with E-state index in [9.17, 15) is 0 Å². The zero-order chi connectivity index (χ0) is 13.0. The van der Waals surface area contributed by atoms with E-state index < -0.39 is 0 Å². The van der Waals surface area contributed by atoms with E-state index in [2.05, 4.69) is 29.8 Å². The van der Waals surface area contributed by atoms with Crippen LogP contribution in [0.5, 0.6) is 0 Å². The van der Waals surface area contributed by atoms with Crippen molar-refractivity contribution in [2.45, 2.75) is 39.2 Å². The number of rotatable bonds is 3. The monoisotopic (exact) mass is 247 g/mol. The minimum absolute atomic E-state index is 0.337. The molecule has 3 heteroatoms. The minimum atomic E-state index is 0.337. The molecular weight excluding hydrogens is 222 g/mol. The highest BCUT2D eigenvalue weighted by Gasteiger charge is 2.23. The number of aryl methyl sites for hydroxylation is 1. The Morgan fingerprint density at radius 2 is 2.28 bits per heavy atom. The Kier molecular flexibility index (Phi) is 4.72. The SMILES string of the molecule is Cc1ccncc1C(CN)N1CCCC(C)CC1. The predicted molar refractivity (Wildman–Crippen MR) is 75.4 cm³/mol. The molecule has 1 aromatic heterocycles. The highest BCUT2D eigenvalue weighted by Crippen LogP contribution is 2.26. The Balaban J connectivity index is 2.15. The van der Waals surface area contributed by atoms with Crippen LogP contribution in [0.25, 0.3) is 0 Å². The first-order chi connectivity index (χ1) is 8.72. The molecule has 2 unspecified atom stereocenters. The van der Waals surface area contributed by atoms with Gasteiger partial charge < -0.3 is 5.73 Å². The number of nitrogens with two attached hydrogens (primary N) is 1. The van der Waals surface area contributed by atoms with E-state index in [1.807, 2.05) is 12.4 Å². The standard InChI is InChI=1S/C15H25N3/c1-12-4-3-8-18(9-6-12)15(10-16)14-11-17-7-5-13(14)2/h5,7,11-12,15H,3-4,6,8-10,16H2,1-2H3. The van der Waals surface area contributed by atoms with Gasteiger partial charge in [0.25, 0.3) is 0 Å². The molecule has 1 aliphatic rings. The smallest absolute Gasteiger partial charge is 0.0488 e. The lowest BCUT2D eigenvalue weighted by atomic mass is 10.0. The number of hydrogen-bond donors (Lipinski definition) is 1. The zero-order valence-corrected chi connectivity index (χ0v) is 11.6. The second-order valence-corrected chi connectivity index (χ2v) is 5.56. The molecule has 1 aliphatic heterocycles. The van der Waals surface area contributed by atoms with Crippen molar-refractivity contribution in [1.29, 1.82) is 0 Å². The molecule has 2 N–H and O–H groups in total. The van der Waals surface area contributed by atoms with Crippen LogP contribution < -0.4 is 5.73 Å². The van der Waals surface area contributed by atoms with Crippen LogP contribution in [-0.2, 0) is 0 Å². The second-order valence-electron chi connectivity index (χ2n) is 5.56. The van der Waals surface area contributed by atoms with Crippen LogP contribution >= 0.6 is 0 Å². The molecule has 1 saturated heterocycles. The first-order valence-corrected chi connectivity index (χ1v) is 7.07. The summed E-state index contributed by atoms with van der Waals surface area (Å²) in [5, 5.41) is 0. The van der Waals surface area contributed by atoms with Gasteiger partial charge in [-0.05, 0) is 62.4 Å². The maximum absolute atomic E-state index is 6.02. The maximum Gasteiger partial charge on any atom is 0.0488 e. The molecule has 2 rings (SSSR count). The minimum Gasteiger partial charge on any atom is -0.329 e. The van der Waals surface area contributed by atoms with Crippen LogP contribution in [0.15, 0.2) is 18.5 Å². The molecule has 0 amide bonds. The fourth-order valence-electron chi connectivity index (χ4n) is 2.89. The largest absolute Gasteiger partial charge is 0.329 e. The number of nitrogens with zero attached hydrogens (tertiary/aromatic N) is 2. The van der Waals surface area contributed by atoms with Crippen LogP contribution in [0.2, 0.25) is 0 Å². The molecule has 1 fully saturated rings. The third-order valence-corrected chi connectivity index (χ3v) is 4.15. The quantitative estimate of drug-likeness (QED) is 0.892. The van der Waals surface area contributed by atoms with Gasteiger partial charge in [0.1, 0.15) is 0 Å². The average Bonchev–Trinajstić information content (AvgIpc) is 2.58. The van der Waals surface area contributed by atoms with Crippen molar-refractivity contribution in [3.63, 3.8) is 0 Å². The van der Waals surface area contributed by atoms with E-state index in [1.54, 1.807) is 0 Å². The molecule has 100 valence electrons. The Bertz CT molecular complexity index is 378. The van der Waals surface area contributed by atoms with Crippen LogP contribution in [0.4, 0.5) is 0 Å².